The quantitative estimate of drug-likeness (QED) is 0.814. The van der Waals surface area contributed by atoms with Gasteiger partial charge in [0, 0.05) is 5.56 Å². The Morgan fingerprint density at radius 1 is 1.27 bits per heavy atom. The van der Waals surface area contributed by atoms with Crippen LogP contribution < -0.4 is 0 Å². The van der Waals surface area contributed by atoms with Gasteiger partial charge in [0.1, 0.15) is 5.76 Å². The maximum atomic E-state index is 10.9. The van der Waals surface area contributed by atoms with E-state index >= 15 is 0 Å². The van der Waals surface area contributed by atoms with Gasteiger partial charge in [0.25, 0.3) is 0 Å². The zero-order valence-corrected chi connectivity index (χ0v) is 8.23. The van der Waals surface area contributed by atoms with E-state index in [-0.39, 0.29) is 5.76 Å². The van der Waals surface area contributed by atoms with Crippen LogP contribution in [0.3, 0.4) is 0 Å². The van der Waals surface area contributed by atoms with Crippen molar-refractivity contribution >= 4 is 5.97 Å². The molecular formula is C12H10O3. The van der Waals surface area contributed by atoms with Crippen LogP contribution in [0.2, 0.25) is 0 Å². The van der Waals surface area contributed by atoms with Crippen molar-refractivity contribution in [1.29, 1.82) is 0 Å². The van der Waals surface area contributed by atoms with E-state index in [1.54, 1.807) is 13.0 Å². The van der Waals surface area contributed by atoms with Gasteiger partial charge in [0.05, 0.1) is 0 Å². The van der Waals surface area contributed by atoms with Crippen molar-refractivity contribution in [2.24, 2.45) is 0 Å². The first-order chi connectivity index (χ1) is 7.18. The van der Waals surface area contributed by atoms with Crippen LogP contribution in [0.25, 0.3) is 11.1 Å². The van der Waals surface area contributed by atoms with Gasteiger partial charge in [0.15, 0.2) is 0 Å². The molecule has 0 fully saturated rings. The van der Waals surface area contributed by atoms with Gasteiger partial charge in [-0.25, -0.2) is 4.79 Å². The van der Waals surface area contributed by atoms with Crippen molar-refractivity contribution < 1.29 is 14.3 Å². The lowest BCUT2D eigenvalue weighted by Gasteiger charge is -1.97. The highest BCUT2D eigenvalue weighted by atomic mass is 16.4. The minimum absolute atomic E-state index is 0.00120. The molecule has 0 saturated carbocycles. The third-order valence-corrected chi connectivity index (χ3v) is 2.13. The molecule has 2 aromatic rings. The van der Waals surface area contributed by atoms with Crippen LogP contribution in [0.5, 0.6) is 0 Å². The van der Waals surface area contributed by atoms with E-state index in [1.807, 2.05) is 30.3 Å². The molecule has 15 heavy (non-hydrogen) atoms. The number of hydrogen-bond donors (Lipinski definition) is 1. The molecular weight excluding hydrogens is 192 g/mol. The van der Waals surface area contributed by atoms with Gasteiger partial charge in [-0.1, -0.05) is 30.3 Å². The lowest BCUT2D eigenvalue weighted by atomic mass is 10.1. The van der Waals surface area contributed by atoms with Gasteiger partial charge in [-0.2, -0.15) is 0 Å². The highest BCUT2D eigenvalue weighted by Crippen LogP contribution is 2.26. The zero-order chi connectivity index (χ0) is 10.8. The van der Waals surface area contributed by atoms with Gasteiger partial charge in [-0.05, 0) is 18.6 Å². The average Bonchev–Trinajstić information content (AvgIpc) is 2.62. The third kappa shape index (κ3) is 1.76. The van der Waals surface area contributed by atoms with Gasteiger partial charge < -0.3 is 9.52 Å². The van der Waals surface area contributed by atoms with Crippen LogP contribution in [-0.4, -0.2) is 11.1 Å². The summed E-state index contributed by atoms with van der Waals surface area (Å²) >= 11 is 0. The molecule has 1 heterocycles. The third-order valence-electron chi connectivity index (χ3n) is 2.13. The van der Waals surface area contributed by atoms with Gasteiger partial charge in [-0.15, -0.1) is 0 Å². The van der Waals surface area contributed by atoms with Crippen molar-refractivity contribution in [2.45, 2.75) is 6.92 Å². The number of rotatable bonds is 2. The molecule has 0 atom stereocenters. The molecule has 0 bridgehead atoms. The summed E-state index contributed by atoms with van der Waals surface area (Å²) in [6.07, 6.45) is 0. The van der Waals surface area contributed by atoms with E-state index in [4.69, 9.17) is 9.52 Å². The van der Waals surface area contributed by atoms with Crippen molar-refractivity contribution in [3.8, 4) is 11.1 Å². The Hall–Kier alpha value is -2.03. The second kappa shape index (κ2) is 3.61. The number of carboxylic acids is 1. The van der Waals surface area contributed by atoms with Crippen LogP contribution in [0.1, 0.15) is 16.3 Å². The monoisotopic (exact) mass is 202 g/mol. The van der Waals surface area contributed by atoms with Gasteiger partial charge in [0.2, 0.25) is 5.76 Å². The molecule has 0 spiro atoms. The SMILES string of the molecule is Cc1cc(-c2ccccc2)c(C(=O)O)o1. The number of hydrogen-bond acceptors (Lipinski definition) is 2. The smallest absolute Gasteiger partial charge is 0.372 e. The maximum Gasteiger partial charge on any atom is 0.372 e. The fourth-order valence-electron chi connectivity index (χ4n) is 1.51. The van der Waals surface area contributed by atoms with Gasteiger partial charge in [-0.3, -0.25) is 0 Å². The second-order valence-corrected chi connectivity index (χ2v) is 3.27. The summed E-state index contributed by atoms with van der Waals surface area (Å²) in [5, 5.41) is 8.95. The normalized spacial score (nSPS) is 10.2. The molecule has 0 aliphatic heterocycles. The first kappa shape index (κ1) is 9.52. The molecule has 3 heteroatoms. The fourth-order valence-corrected chi connectivity index (χ4v) is 1.51. The second-order valence-electron chi connectivity index (χ2n) is 3.27. The number of aromatic carboxylic acids is 1. The molecule has 0 radical (unpaired) electrons. The highest BCUT2D eigenvalue weighted by molar-refractivity contribution is 5.93. The molecule has 1 aromatic carbocycles. The Morgan fingerprint density at radius 2 is 1.93 bits per heavy atom. The van der Waals surface area contributed by atoms with Crippen LogP contribution >= 0.6 is 0 Å². The molecule has 0 amide bonds. The Labute approximate surface area is 87.0 Å². The number of carbonyl (C=O) groups is 1. The molecule has 0 saturated heterocycles. The van der Waals surface area contributed by atoms with Crippen LogP contribution in [0.15, 0.2) is 40.8 Å². The van der Waals surface area contributed by atoms with Crippen molar-refractivity contribution in [1.82, 2.24) is 0 Å². The summed E-state index contributed by atoms with van der Waals surface area (Å²) in [5.41, 5.74) is 1.48. The fraction of sp³-hybridized carbons (Fsp3) is 0.0833. The average molecular weight is 202 g/mol. The first-order valence-corrected chi connectivity index (χ1v) is 4.57. The molecule has 1 N–H and O–H groups in total. The minimum atomic E-state index is -1.04. The Morgan fingerprint density at radius 3 is 2.53 bits per heavy atom. The number of carboxylic acid groups (broad SMARTS) is 1. The van der Waals surface area contributed by atoms with E-state index in [0.29, 0.717) is 11.3 Å². The van der Waals surface area contributed by atoms with Gasteiger partial charge >= 0.3 is 5.97 Å². The van der Waals surface area contributed by atoms with Crippen LogP contribution in [0.4, 0.5) is 0 Å². The van der Waals surface area contributed by atoms with Crippen molar-refractivity contribution in [3.63, 3.8) is 0 Å². The Kier molecular flexibility index (Phi) is 2.29. The molecule has 1 aromatic heterocycles. The van der Waals surface area contributed by atoms with E-state index in [2.05, 4.69) is 0 Å². The summed E-state index contributed by atoms with van der Waals surface area (Å²) in [6.45, 7) is 1.74. The lowest BCUT2D eigenvalue weighted by Crippen LogP contribution is -1.95. The molecule has 0 unspecified atom stereocenters. The molecule has 2 rings (SSSR count). The summed E-state index contributed by atoms with van der Waals surface area (Å²) < 4.78 is 5.13. The van der Waals surface area contributed by atoms with Crippen LogP contribution in [0, 0.1) is 6.92 Å². The van der Waals surface area contributed by atoms with E-state index in [0.717, 1.165) is 5.56 Å². The minimum Gasteiger partial charge on any atom is -0.475 e. The summed E-state index contributed by atoms with van der Waals surface area (Å²) in [7, 11) is 0. The van der Waals surface area contributed by atoms with Crippen LogP contribution in [-0.2, 0) is 0 Å². The Balaban J connectivity index is 2.58. The largest absolute Gasteiger partial charge is 0.475 e. The molecule has 3 nitrogen and oxygen atoms in total. The molecule has 0 aliphatic rings. The van der Waals surface area contributed by atoms with E-state index in [1.165, 1.54) is 0 Å². The topological polar surface area (TPSA) is 50.4 Å². The molecule has 0 aliphatic carbocycles. The van der Waals surface area contributed by atoms with E-state index in [9.17, 15) is 4.79 Å². The number of benzene rings is 1. The Bertz CT molecular complexity index is 483. The molecule has 76 valence electrons. The maximum absolute atomic E-state index is 10.9. The predicted octanol–water partition coefficient (Wildman–Crippen LogP) is 2.95. The first-order valence-electron chi connectivity index (χ1n) is 4.57. The lowest BCUT2D eigenvalue weighted by molar-refractivity contribution is 0.0662. The van der Waals surface area contributed by atoms with E-state index < -0.39 is 5.97 Å². The summed E-state index contributed by atoms with van der Waals surface area (Å²) in [4.78, 5) is 10.9. The highest BCUT2D eigenvalue weighted by Gasteiger charge is 2.16. The standard InChI is InChI=1S/C12H10O3/c1-8-7-10(11(15-8)12(13)14)9-5-3-2-4-6-9/h2-7H,1H3,(H,13,14). The summed E-state index contributed by atoms with van der Waals surface area (Å²) in [6, 6.07) is 11.1. The summed E-state index contributed by atoms with van der Waals surface area (Å²) in [5.74, 6) is -0.438. The van der Waals surface area contributed by atoms with Crippen molar-refractivity contribution in [2.75, 3.05) is 0 Å². The van der Waals surface area contributed by atoms with Crippen molar-refractivity contribution in [3.05, 3.63) is 47.9 Å². The zero-order valence-electron chi connectivity index (χ0n) is 8.23. The number of aryl methyl sites for hydroxylation is 1. The number of furan rings is 1. The predicted molar refractivity (Wildman–Crippen MR) is 55.8 cm³/mol.